The van der Waals surface area contributed by atoms with E-state index in [1.54, 1.807) is 17.6 Å². The van der Waals surface area contributed by atoms with Gasteiger partial charge in [-0.1, -0.05) is 6.07 Å². The molecule has 0 fully saturated rings. The molecule has 21 heavy (non-hydrogen) atoms. The lowest BCUT2D eigenvalue weighted by atomic mass is 10.1. The number of nitrogens with one attached hydrogen (secondary N) is 1. The number of hydrogen-bond acceptors (Lipinski definition) is 4. The third-order valence-electron chi connectivity index (χ3n) is 2.71. The fourth-order valence-corrected chi connectivity index (χ4v) is 2.64. The number of ether oxygens (including phenoxy) is 1. The fourth-order valence-electron chi connectivity index (χ4n) is 1.89. The lowest BCUT2D eigenvalue weighted by molar-refractivity contribution is -0.123. The molecule has 0 aliphatic rings. The minimum atomic E-state index is -0.279. The normalized spacial score (nSPS) is 10.8. The lowest BCUT2D eigenvalue weighted by Gasteiger charge is -2.07. The minimum absolute atomic E-state index is 0.0519. The van der Waals surface area contributed by atoms with Crippen molar-refractivity contribution < 1.29 is 9.53 Å². The largest absolute Gasteiger partial charge is 0.484 e. The highest BCUT2D eigenvalue weighted by Gasteiger charge is 2.02. The quantitative estimate of drug-likeness (QED) is 0.681. The van der Waals surface area contributed by atoms with E-state index in [2.05, 4.69) is 16.6 Å². The van der Waals surface area contributed by atoms with Crippen LogP contribution in [-0.4, -0.2) is 18.7 Å². The predicted molar refractivity (Wildman–Crippen MR) is 86.2 cm³/mol. The topological polar surface area (TPSA) is 50.7 Å². The molecule has 2 rings (SSSR count). The van der Waals surface area contributed by atoms with Gasteiger partial charge in [-0.15, -0.1) is 11.3 Å². The molecule has 0 saturated carbocycles. The van der Waals surface area contributed by atoms with Crippen molar-refractivity contribution in [3.05, 3.63) is 51.2 Å². The maximum Gasteiger partial charge on any atom is 0.277 e. The van der Waals surface area contributed by atoms with E-state index in [0.29, 0.717) is 5.75 Å². The summed E-state index contributed by atoms with van der Waals surface area (Å²) in [7, 11) is 0. The van der Waals surface area contributed by atoms with Crippen LogP contribution in [-0.2, 0) is 4.79 Å². The summed E-state index contributed by atoms with van der Waals surface area (Å²) in [5.74, 6) is 0.416. The predicted octanol–water partition coefficient (Wildman–Crippen LogP) is 3.20. The van der Waals surface area contributed by atoms with Crippen molar-refractivity contribution in [3.8, 4) is 5.75 Å². The summed E-state index contributed by atoms with van der Waals surface area (Å²) in [6, 6.07) is 9.83. The molecule has 1 heterocycles. The van der Waals surface area contributed by atoms with E-state index in [4.69, 9.17) is 4.74 Å². The van der Waals surface area contributed by atoms with Crippen LogP contribution in [0.15, 0.2) is 35.4 Å². The summed E-state index contributed by atoms with van der Waals surface area (Å²) in [5.41, 5.74) is 4.67. The van der Waals surface area contributed by atoms with Gasteiger partial charge in [0.1, 0.15) is 5.75 Å². The summed E-state index contributed by atoms with van der Waals surface area (Å²) >= 11 is 1.62. The molecule has 0 spiro atoms. The Morgan fingerprint density at radius 2 is 1.95 bits per heavy atom. The van der Waals surface area contributed by atoms with Gasteiger partial charge in [0.15, 0.2) is 6.61 Å². The van der Waals surface area contributed by atoms with Gasteiger partial charge < -0.3 is 4.74 Å². The van der Waals surface area contributed by atoms with Crippen LogP contribution in [0.1, 0.15) is 20.9 Å². The summed E-state index contributed by atoms with van der Waals surface area (Å²) in [6.07, 6.45) is 1.63. The monoisotopic (exact) mass is 302 g/mol. The standard InChI is InChI=1S/C16H18N2O2S/c1-11-6-12(2)8-14(7-11)20-10-16(19)18-17-9-15-5-4-13(3)21-15/h4-9H,10H2,1-3H3,(H,18,19)/b17-9-. The van der Waals surface area contributed by atoms with Crippen molar-refractivity contribution >= 4 is 23.5 Å². The number of thiophene rings is 1. The van der Waals surface area contributed by atoms with E-state index in [9.17, 15) is 4.79 Å². The van der Waals surface area contributed by atoms with Crippen molar-refractivity contribution in [2.45, 2.75) is 20.8 Å². The van der Waals surface area contributed by atoms with E-state index in [0.717, 1.165) is 16.0 Å². The fraction of sp³-hybridized carbons (Fsp3) is 0.250. The molecule has 0 radical (unpaired) electrons. The molecular formula is C16H18N2O2S. The summed E-state index contributed by atoms with van der Waals surface area (Å²) in [6.45, 7) is 5.96. The van der Waals surface area contributed by atoms with Gasteiger partial charge in [-0.2, -0.15) is 5.10 Å². The molecule has 5 heteroatoms. The van der Waals surface area contributed by atoms with E-state index in [-0.39, 0.29) is 12.5 Å². The van der Waals surface area contributed by atoms with Gasteiger partial charge in [0.05, 0.1) is 6.21 Å². The Hall–Kier alpha value is -2.14. The molecular weight excluding hydrogens is 284 g/mol. The Morgan fingerprint density at radius 1 is 1.24 bits per heavy atom. The average molecular weight is 302 g/mol. The van der Waals surface area contributed by atoms with Gasteiger partial charge >= 0.3 is 0 Å². The summed E-state index contributed by atoms with van der Waals surface area (Å²) in [4.78, 5) is 13.8. The Morgan fingerprint density at radius 3 is 2.57 bits per heavy atom. The smallest absolute Gasteiger partial charge is 0.277 e. The van der Waals surface area contributed by atoms with Crippen LogP contribution in [0.4, 0.5) is 0 Å². The molecule has 110 valence electrons. The number of hydrazone groups is 1. The first-order valence-corrected chi connectivity index (χ1v) is 7.44. The van der Waals surface area contributed by atoms with Crippen molar-refractivity contribution in [3.63, 3.8) is 0 Å². The Bertz CT molecular complexity index is 642. The van der Waals surface area contributed by atoms with Gasteiger partial charge in [-0.05, 0) is 56.2 Å². The lowest BCUT2D eigenvalue weighted by Crippen LogP contribution is -2.24. The zero-order valence-corrected chi connectivity index (χ0v) is 13.2. The number of rotatable bonds is 5. The number of benzene rings is 1. The second kappa shape index (κ2) is 7.04. The third kappa shape index (κ3) is 5.04. The van der Waals surface area contributed by atoms with Crippen molar-refractivity contribution in [2.75, 3.05) is 6.61 Å². The van der Waals surface area contributed by atoms with E-state index < -0.39 is 0 Å². The second-order valence-corrected chi connectivity index (χ2v) is 6.17. The third-order valence-corrected chi connectivity index (χ3v) is 3.64. The number of aryl methyl sites for hydroxylation is 3. The minimum Gasteiger partial charge on any atom is -0.484 e. The molecule has 1 N–H and O–H groups in total. The van der Waals surface area contributed by atoms with Crippen LogP contribution in [0.3, 0.4) is 0 Å². The highest BCUT2D eigenvalue weighted by molar-refractivity contribution is 7.13. The first kappa shape index (κ1) is 15.3. The highest BCUT2D eigenvalue weighted by atomic mass is 32.1. The SMILES string of the molecule is Cc1cc(C)cc(OCC(=O)N/N=C\c2ccc(C)s2)c1. The first-order valence-electron chi connectivity index (χ1n) is 6.62. The van der Waals surface area contributed by atoms with Crippen LogP contribution < -0.4 is 10.2 Å². The molecule has 1 aromatic carbocycles. The average Bonchev–Trinajstić information content (AvgIpc) is 2.81. The molecule has 0 saturated heterocycles. The maximum atomic E-state index is 11.6. The molecule has 0 aliphatic heterocycles. The Labute approximate surface area is 128 Å². The number of amides is 1. The van der Waals surface area contributed by atoms with Crippen LogP contribution in [0.25, 0.3) is 0 Å². The van der Waals surface area contributed by atoms with Gasteiger partial charge in [0, 0.05) is 9.75 Å². The molecule has 0 bridgehead atoms. The van der Waals surface area contributed by atoms with Crippen LogP contribution in [0, 0.1) is 20.8 Å². The molecule has 0 unspecified atom stereocenters. The van der Waals surface area contributed by atoms with E-state index >= 15 is 0 Å². The number of carbonyl (C=O) groups is 1. The second-order valence-electron chi connectivity index (χ2n) is 4.85. The zero-order valence-electron chi connectivity index (χ0n) is 12.3. The first-order chi connectivity index (χ1) is 10.0. The zero-order chi connectivity index (χ0) is 15.2. The van der Waals surface area contributed by atoms with Gasteiger partial charge in [-0.3, -0.25) is 4.79 Å². The molecule has 0 aliphatic carbocycles. The summed E-state index contributed by atoms with van der Waals surface area (Å²) in [5, 5.41) is 3.91. The Balaban J connectivity index is 1.80. The highest BCUT2D eigenvalue weighted by Crippen LogP contribution is 2.16. The van der Waals surface area contributed by atoms with Gasteiger partial charge in [0.2, 0.25) is 0 Å². The Kier molecular flexibility index (Phi) is 5.11. The van der Waals surface area contributed by atoms with Crippen LogP contribution in [0.2, 0.25) is 0 Å². The molecule has 2 aromatic rings. The van der Waals surface area contributed by atoms with Crippen molar-refractivity contribution in [1.82, 2.24) is 5.43 Å². The van der Waals surface area contributed by atoms with E-state index in [1.807, 2.05) is 45.0 Å². The molecule has 4 nitrogen and oxygen atoms in total. The van der Waals surface area contributed by atoms with Crippen LogP contribution in [0.5, 0.6) is 5.75 Å². The van der Waals surface area contributed by atoms with Crippen molar-refractivity contribution in [1.29, 1.82) is 0 Å². The summed E-state index contributed by atoms with van der Waals surface area (Å²) < 4.78 is 5.45. The van der Waals surface area contributed by atoms with Crippen LogP contribution >= 0.6 is 11.3 Å². The number of hydrogen-bond donors (Lipinski definition) is 1. The molecule has 0 atom stereocenters. The van der Waals surface area contributed by atoms with Gasteiger partial charge in [0.25, 0.3) is 5.91 Å². The molecule has 1 aromatic heterocycles. The maximum absolute atomic E-state index is 11.6. The van der Waals surface area contributed by atoms with E-state index in [1.165, 1.54) is 4.88 Å². The number of carbonyl (C=O) groups excluding carboxylic acids is 1. The number of nitrogens with zero attached hydrogens (tertiary/aromatic N) is 1. The molecule has 1 amide bonds. The van der Waals surface area contributed by atoms with Gasteiger partial charge in [-0.25, -0.2) is 5.43 Å². The van der Waals surface area contributed by atoms with Crippen molar-refractivity contribution in [2.24, 2.45) is 5.10 Å².